The zero-order valence-electron chi connectivity index (χ0n) is 12.5. The number of benzene rings is 1. The number of hydrogen-bond acceptors (Lipinski definition) is 6. The van der Waals surface area contributed by atoms with Gasteiger partial charge in [-0.25, -0.2) is 4.79 Å². The number of ether oxygens (including phenoxy) is 1. The standard InChI is InChI=1S/C15H16N2O4S2/c1-10-3-2-4-11(7-10)14(20)21-8-12(18)16-5-6-17-13(19)9-23-15(17)22/h2-4,7H,5-6,8-9H2,1H3,(H,16,18). The van der Waals surface area contributed by atoms with Crippen molar-refractivity contribution in [3.8, 4) is 0 Å². The number of nitrogens with one attached hydrogen (secondary N) is 1. The summed E-state index contributed by atoms with van der Waals surface area (Å²) in [5, 5.41) is 2.59. The molecule has 0 bridgehead atoms. The van der Waals surface area contributed by atoms with Crippen LogP contribution in [0.2, 0.25) is 0 Å². The second-order valence-corrected chi connectivity index (χ2v) is 6.50. The van der Waals surface area contributed by atoms with Crippen molar-refractivity contribution >= 4 is 46.1 Å². The molecule has 1 aliphatic rings. The molecule has 2 amide bonds. The molecule has 0 aliphatic carbocycles. The molecule has 0 unspecified atom stereocenters. The first-order chi connectivity index (χ1) is 11.0. The second kappa shape index (κ2) is 8.07. The third-order valence-corrected chi connectivity index (χ3v) is 4.52. The van der Waals surface area contributed by atoms with Crippen LogP contribution < -0.4 is 5.32 Å². The number of thioether (sulfide) groups is 1. The summed E-state index contributed by atoms with van der Waals surface area (Å²) in [6.45, 7) is 2.08. The Labute approximate surface area is 143 Å². The molecule has 2 rings (SSSR count). The molecule has 1 aliphatic heterocycles. The van der Waals surface area contributed by atoms with Crippen molar-refractivity contribution in [1.29, 1.82) is 0 Å². The van der Waals surface area contributed by atoms with Gasteiger partial charge in [0.15, 0.2) is 6.61 Å². The van der Waals surface area contributed by atoms with Crippen LogP contribution in [0.3, 0.4) is 0 Å². The number of esters is 1. The van der Waals surface area contributed by atoms with Gasteiger partial charge in [0.25, 0.3) is 5.91 Å². The highest BCUT2D eigenvalue weighted by Crippen LogP contribution is 2.18. The van der Waals surface area contributed by atoms with Gasteiger partial charge in [-0.05, 0) is 19.1 Å². The summed E-state index contributed by atoms with van der Waals surface area (Å²) in [7, 11) is 0. The Morgan fingerprint density at radius 3 is 2.87 bits per heavy atom. The number of hydrogen-bond donors (Lipinski definition) is 1. The smallest absolute Gasteiger partial charge is 0.338 e. The molecule has 0 aromatic heterocycles. The zero-order valence-corrected chi connectivity index (χ0v) is 14.2. The maximum Gasteiger partial charge on any atom is 0.338 e. The molecule has 0 atom stereocenters. The first-order valence-corrected chi connectivity index (χ1v) is 8.34. The fourth-order valence-corrected chi connectivity index (χ4v) is 3.06. The third kappa shape index (κ3) is 5.04. The number of nitrogens with zero attached hydrogens (tertiary/aromatic N) is 1. The van der Waals surface area contributed by atoms with Gasteiger partial charge in [0.1, 0.15) is 4.32 Å². The van der Waals surface area contributed by atoms with Gasteiger partial charge in [-0.1, -0.05) is 41.7 Å². The lowest BCUT2D eigenvalue weighted by molar-refractivity contribution is -0.126. The maximum atomic E-state index is 11.8. The summed E-state index contributed by atoms with van der Waals surface area (Å²) in [5.74, 6) is -0.673. The molecule has 1 N–H and O–H groups in total. The van der Waals surface area contributed by atoms with E-state index in [1.807, 2.05) is 13.0 Å². The van der Waals surface area contributed by atoms with Gasteiger partial charge in [0, 0.05) is 13.1 Å². The lowest BCUT2D eigenvalue weighted by Crippen LogP contribution is -2.38. The number of carbonyl (C=O) groups is 3. The van der Waals surface area contributed by atoms with Crippen LogP contribution in [0.4, 0.5) is 0 Å². The molecule has 122 valence electrons. The van der Waals surface area contributed by atoms with E-state index in [9.17, 15) is 14.4 Å². The number of rotatable bonds is 6. The Hall–Kier alpha value is -1.93. The highest BCUT2D eigenvalue weighted by Gasteiger charge is 2.25. The quantitative estimate of drug-likeness (QED) is 0.611. The molecule has 1 saturated heterocycles. The van der Waals surface area contributed by atoms with Crippen LogP contribution in [0.25, 0.3) is 0 Å². The Kier molecular flexibility index (Phi) is 6.12. The second-order valence-electron chi connectivity index (χ2n) is 4.90. The van der Waals surface area contributed by atoms with Crippen LogP contribution in [0.5, 0.6) is 0 Å². The summed E-state index contributed by atoms with van der Waals surface area (Å²) in [6.07, 6.45) is 0. The highest BCUT2D eigenvalue weighted by molar-refractivity contribution is 8.23. The van der Waals surface area contributed by atoms with Gasteiger partial charge < -0.3 is 10.1 Å². The predicted molar refractivity (Wildman–Crippen MR) is 91.2 cm³/mol. The monoisotopic (exact) mass is 352 g/mol. The normalized spacial score (nSPS) is 14.0. The van der Waals surface area contributed by atoms with E-state index in [1.165, 1.54) is 16.7 Å². The highest BCUT2D eigenvalue weighted by atomic mass is 32.2. The molecule has 0 radical (unpaired) electrons. The van der Waals surface area contributed by atoms with Crippen LogP contribution in [0, 0.1) is 6.92 Å². The molecule has 1 aromatic carbocycles. The average Bonchev–Trinajstić information content (AvgIpc) is 2.84. The minimum atomic E-state index is -0.545. The molecular weight excluding hydrogens is 336 g/mol. The number of aryl methyl sites for hydroxylation is 1. The molecule has 1 fully saturated rings. The van der Waals surface area contributed by atoms with Crippen LogP contribution >= 0.6 is 24.0 Å². The van der Waals surface area contributed by atoms with Crippen LogP contribution in [-0.2, 0) is 14.3 Å². The van der Waals surface area contributed by atoms with Crippen molar-refractivity contribution in [2.75, 3.05) is 25.4 Å². The first-order valence-electron chi connectivity index (χ1n) is 6.95. The SMILES string of the molecule is Cc1cccc(C(=O)OCC(=O)NCCN2C(=O)CSC2=S)c1. The van der Waals surface area contributed by atoms with Crippen molar-refractivity contribution in [3.05, 3.63) is 35.4 Å². The minimum Gasteiger partial charge on any atom is -0.452 e. The summed E-state index contributed by atoms with van der Waals surface area (Å²) in [5.41, 5.74) is 1.34. The Balaban J connectivity index is 1.70. The van der Waals surface area contributed by atoms with E-state index < -0.39 is 11.9 Å². The lowest BCUT2D eigenvalue weighted by Gasteiger charge is -2.15. The van der Waals surface area contributed by atoms with Crippen LogP contribution in [0.15, 0.2) is 24.3 Å². The lowest BCUT2D eigenvalue weighted by atomic mass is 10.1. The minimum absolute atomic E-state index is 0.0554. The van der Waals surface area contributed by atoms with Crippen molar-refractivity contribution in [3.63, 3.8) is 0 Å². The molecule has 1 aromatic rings. The first kappa shape index (κ1) is 17.4. The van der Waals surface area contributed by atoms with Crippen molar-refractivity contribution < 1.29 is 19.1 Å². The van der Waals surface area contributed by atoms with Crippen LogP contribution in [0.1, 0.15) is 15.9 Å². The van der Waals surface area contributed by atoms with E-state index in [-0.39, 0.29) is 19.1 Å². The summed E-state index contributed by atoms with van der Waals surface area (Å²) >= 11 is 6.34. The van der Waals surface area contributed by atoms with Crippen molar-refractivity contribution in [1.82, 2.24) is 10.2 Å². The van der Waals surface area contributed by atoms with Gasteiger partial charge in [-0.15, -0.1) is 0 Å². The Bertz CT molecular complexity index is 632. The summed E-state index contributed by atoms with van der Waals surface area (Å²) in [6, 6.07) is 6.94. The van der Waals surface area contributed by atoms with E-state index in [0.717, 1.165) is 5.56 Å². The van der Waals surface area contributed by atoms with E-state index in [2.05, 4.69) is 5.32 Å². The number of amides is 2. The summed E-state index contributed by atoms with van der Waals surface area (Å²) < 4.78 is 5.47. The van der Waals surface area contributed by atoms with Gasteiger partial charge in [-0.2, -0.15) is 0 Å². The molecule has 8 heteroatoms. The Morgan fingerprint density at radius 2 is 2.22 bits per heavy atom. The van der Waals surface area contributed by atoms with Crippen LogP contribution in [-0.4, -0.2) is 52.5 Å². The Morgan fingerprint density at radius 1 is 1.43 bits per heavy atom. The van der Waals surface area contributed by atoms with E-state index in [4.69, 9.17) is 17.0 Å². The molecule has 0 saturated carbocycles. The fraction of sp³-hybridized carbons (Fsp3) is 0.333. The van der Waals surface area contributed by atoms with E-state index >= 15 is 0 Å². The van der Waals surface area contributed by atoms with E-state index in [1.54, 1.807) is 18.2 Å². The maximum absolute atomic E-state index is 11.8. The fourth-order valence-electron chi connectivity index (χ4n) is 1.94. The molecule has 6 nitrogen and oxygen atoms in total. The summed E-state index contributed by atoms with van der Waals surface area (Å²) in [4.78, 5) is 36.4. The number of thiocarbonyl (C=S) groups is 1. The van der Waals surface area contributed by atoms with Gasteiger partial charge >= 0.3 is 5.97 Å². The zero-order chi connectivity index (χ0) is 16.8. The molecule has 1 heterocycles. The van der Waals surface area contributed by atoms with Gasteiger partial charge in [0.2, 0.25) is 5.91 Å². The van der Waals surface area contributed by atoms with Gasteiger partial charge in [-0.3, -0.25) is 14.5 Å². The van der Waals surface area contributed by atoms with Gasteiger partial charge in [0.05, 0.1) is 11.3 Å². The average molecular weight is 352 g/mol. The number of carbonyl (C=O) groups excluding carboxylic acids is 3. The molecular formula is C15H16N2O4S2. The molecule has 0 spiro atoms. The largest absolute Gasteiger partial charge is 0.452 e. The molecule has 23 heavy (non-hydrogen) atoms. The third-order valence-electron chi connectivity index (χ3n) is 3.09. The predicted octanol–water partition coefficient (Wildman–Crippen LogP) is 1.13. The topological polar surface area (TPSA) is 75.7 Å². The van der Waals surface area contributed by atoms with Crippen molar-refractivity contribution in [2.24, 2.45) is 0 Å². The van der Waals surface area contributed by atoms with E-state index in [0.29, 0.717) is 22.2 Å². The van der Waals surface area contributed by atoms with Crippen molar-refractivity contribution in [2.45, 2.75) is 6.92 Å².